The van der Waals surface area contributed by atoms with Crippen LogP contribution in [0.5, 0.6) is 0 Å². The lowest BCUT2D eigenvalue weighted by Crippen LogP contribution is -2.37. The van der Waals surface area contributed by atoms with Gasteiger partial charge in [0, 0.05) is 12.8 Å². The fourth-order valence-corrected chi connectivity index (χ4v) is 6.15. The summed E-state index contributed by atoms with van der Waals surface area (Å²) < 4.78 is 33.8. The molecule has 1 unspecified atom stereocenters. The van der Waals surface area contributed by atoms with Crippen molar-refractivity contribution >= 4 is 19.8 Å². The highest BCUT2D eigenvalue weighted by atomic mass is 31.2. The highest BCUT2D eigenvalue weighted by Gasteiger charge is 2.21. The molecule has 0 amide bonds. The van der Waals surface area contributed by atoms with Crippen molar-refractivity contribution in [1.82, 2.24) is 0 Å². The Balaban J connectivity index is 4.50. The number of carbonyl (C=O) groups is 2. The van der Waals surface area contributed by atoms with Crippen molar-refractivity contribution in [2.24, 2.45) is 0 Å². The van der Waals surface area contributed by atoms with E-state index in [-0.39, 0.29) is 26.1 Å². The van der Waals surface area contributed by atoms with Gasteiger partial charge in [-0.3, -0.25) is 14.2 Å². The van der Waals surface area contributed by atoms with Gasteiger partial charge in [0.15, 0.2) is 6.10 Å². The molecule has 314 valence electrons. The Hall–Kier alpha value is -2.03. The average Bonchev–Trinajstić information content (AvgIpc) is 3.12. The first-order valence-corrected chi connectivity index (χ1v) is 22.8. The zero-order chi connectivity index (χ0) is 40.0. The van der Waals surface area contributed by atoms with Crippen molar-refractivity contribution in [3.63, 3.8) is 0 Å². The standard InChI is InChI=1S/C44H80NO8P/c1-6-8-10-12-14-16-18-20-22-24-26-28-30-32-34-36-43(46)50-40-42(41-52-54(48,49)51-39-38-45(3,4)5)53-44(47)37-35-33-31-29-27-25-23-21-19-17-15-13-11-9-7-2/h20-23,26-29,42H,6-19,24-25,30-41H2,1-5H3/b22-20+,23-21+,28-26+,29-27+/t42-/m1/s1. The number of allylic oxidation sites excluding steroid dienone is 8. The molecule has 0 fully saturated rings. The van der Waals surface area contributed by atoms with Gasteiger partial charge in [0.25, 0.3) is 7.82 Å². The van der Waals surface area contributed by atoms with Gasteiger partial charge in [-0.05, 0) is 77.0 Å². The first-order valence-electron chi connectivity index (χ1n) is 21.3. The second-order valence-electron chi connectivity index (χ2n) is 15.3. The van der Waals surface area contributed by atoms with E-state index in [1.807, 2.05) is 21.1 Å². The fraction of sp³-hybridized carbons (Fsp3) is 0.773. The lowest BCUT2D eigenvalue weighted by molar-refractivity contribution is -0.870. The summed E-state index contributed by atoms with van der Waals surface area (Å²) in [6, 6.07) is 0. The number of phosphoric acid groups is 1. The van der Waals surface area contributed by atoms with Crippen LogP contribution in [0.2, 0.25) is 0 Å². The summed E-state index contributed by atoms with van der Waals surface area (Å²) in [5, 5.41) is 0. The highest BCUT2D eigenvalue weighted by molar-refractivity contribution is 7.45. The van der Waals surface area contributed by atoms with Crippen LogP contribution in [0, 0.1) is 0 Å². The molecule has 0 heterocycles. The average molecular weight is 782 g/mol. The zero-order valence-corrected chi connectivity index (χ0v) is 36.0. The van der Waals surface area contributed by atoms with E-state index in [1.54, 1.807) is 0 Å². The van der Waals surface area contributed by atoms with Gasteiger partial charge in [0.2, 0.25) is 0 Å². The van der Waals surface area contributed by atoms with Crippen molar-refractivity contribution in [1.29, 1.82) is 0 Å². The van der Waals surface area contributed by atoms with Crippen LogP contribution in [0.25, 0.3) is 0 Å². The third kappa shape index (κ3) is 39.7. The minimum Gasteiger partial charge on any atom is -0.756 e. The van der Waals surface area contributed by atoms with E-state index < -0.39 is 32.5 Å². The molecule has 10 heteroatoms. The molecular weight excluding hydrogens is 701 g/mol. The summed E-state index contributed by atoms with van der Waals surface area (Å²) in [5.41, 5.74) is 0. The van der Waals surface area contributed by atoms with Crippen molar-refractivity contribution in [3.8, 4) is 0 Å². The molecule has 2 atom stereocenters. The van der Waals surface area contributed by atoms with Crippen LogP contribution in [-0.4, -0.2) is 70.0 Å². The number of quaternary nitrogens is 1. The Morgan fingerprint density at radius 1 is 0.574 bits per heavy atom. The Labute approximate surface area is 331 Å². The van der Waals surface area contributed by atoms with Gasteiger partial charge < -0.3 is 27.9 Å². The molecule has 0 N–H and O–H groups in total. The third-order valence-corrected chi connectivity index (χ3v) is 9.79. The van der Waals surface area contributed by atoms with Gasteiger partial charge in [0.05, 0.1) is 27.7 Å². The van der Waals surface area contributed by atoms with Crippen LogP contribution in [0.3, 0.4) is 0 Å². The van der Waals surface area contributed by atoms with Gasteiger partial charge in [-0.25, -0.2) is 0 Å². The predicted octanol–water partition coefficient (Wildman–Crippen LogP) is 11.3. The number of phosphoric ester groups is 1. The summed E-state index contributed by atoms with van der Waals surface area (Å²) in [5.74, 6) is -0.914. The number of rotatable bonds is 38. The molecule has 0 spiro atoms. The predicted molar refractivity (Wildman–Crippen MR) is 222 cm³/mol. The number of nitrogens with zero attached hydrogens (tertiary/aromatic N) is 1. The first kappa shape index (κ1) is 52.0. The molecule has 0 radical (unpaired) electrons. The van der Waals surface area contributed by atoms with E-state index in [2.05, 4.69) is 62.5 Å². The minimum atomic E-state index is -4.64. The van der Waals surface area contributed by atoms with E-state index in [0.29, 0.717) is 23.9 Å². The Morgan fingerprint density at radius 3 is 1.46 bits per heavy atom. The molecule has 0 rings (SSSR count). The summed E-state index contributed by atoms with van der Waals surface area (Å²) in [6.45, 7) is 4.12. The number of likely N-dealkylation sites (N-methyl/N-ethyl adjacent to an activating group) is 1. The maximum absolute atomic E-state index is 12.6. The van der Waals surface area contributed by atoms with Crippen LogP contribution >= 0.6 is 7.82 Å². The molecule has 0 aromatic rings. The van der Waals surface area contributed by atoms with Crippen LogP contribution in [0.4, 0.5) is 0 Å². The number of hydrogen-bond donors (Lipinski definition) is 0. The first-order chi connectivity index (χ1) is 26.0. The van der Waals surface area contributed by atoms with Gasteiger partial charge in [0.1, 0.15) is 19.8 Å². The molecule has 54 heavy (non-hydrogen) atoms. The van der Waals surface area contributed by atoms with E-state index >= 15 is 0 Å². The topological polar surface area (TPSA) is 111 Å². The maximum Gasteiger partial charge on any atom is 0.306 e. The van der Waals surface area contributed by atoms with Gasteiger partial charge in [-0.15, -0.1) is 0 Å². The summed E-state index contributed by atoms with van der Waals surface area (Å²) in [7, 11) is 1.12. The Morgan fingerprint density at radius 2 is 1.00 bits per heavy atom. The van der Waals surface area contributed by atoms with Gasteiger partial charge >= 0.3 is 11.9 Å². The number of carbonyl (C=O) groups excluding carboxylic acids is 2. The monoisotopic (exact) mass is 782 g/mol. The fourth-order valence-electron chi connectivity index (χ4n) is 5.42. The van der Waals surface area contributed by atoms with Gasteiger partial charge in [-0.2, -0.15) is 0 Å². The smallest absolute Gasteiger partial charge is 0.306 e. The van der Waals surface area contributed by atoms with Crippen molar-refractivity contribution < 1.29 is 42.1 Å². The Kier molecular flexibility index (Phi) is 35.2. The van der Waals surface area contributed by atoms with Crippen LogP contribution in [0.1, 0.15) is 168 Å². The van der Waals surface area contributed by atoms with E-state index in [0.717, 1.165) is 51.4 Å². The molecule has 0 aliphatic heterocycles. The normalized spacial score (nSPS) is 14.1. The van der Waals surface area contributed by atoms with Crippen molar-refractivity contribution in [3.05, 3.63) is 48.6 Å². The largest absolute Gasteiger partial charge is 0.756 e. The Bertz CT molecular complexity index is 1070. The number of esters is 2. The molecule has 0 bridgehead atoms. The third-order valence-electron chi connectivity index (χ3n) is 8.82. The summed E-state index contributed by atoms with van der Waals surface area (Å²) in [6.07, 6.45) is 41.4. The van der Waals surface area contributed by atoms with Crippen LogP contribution in [0.15, 0.2) is 48.6 Å². The number of unbranched alkanes of at least 4 members (excludes halogenated alkanes) is 16. The molecule has 0 aromatic heterocycles. The maximum atomic E-state index is 12.6. The van der Waals surface area contributed by atoms with Crippen molar-refractivity contribution in [2.45, 2.75) is 174 Å². The highest BCUT2D eigenvalue weighted by Crippen LogP contribution is 2.38. The molecular formula is C44H80NO8P. The van der Waals surface area contributed by atoms with E-state index in [1.165, 1.54) is 77.0 Å². The SMILES string of the molecule is CCCCCCCC/C=C/C/C=C/CCCCC(=O)OC[C@H](COP(=O)([O-])OCC[N+](C)(C)C)OC(=O)CCCC/C=C/C/C=C/CCCCCCCC. The molecule has 0 saturated heterocycles. The van der Waals surface area contributed by atoms with Gasteiger partial charge in [-0.1, -0.05) is 127 Å². The number of ether oxygens (including phenoxy) is 2. The van der Waals surface area contributed by atoms with Crippen LogP contribution < -0.4 is 4.89 Å². The van der Waals surface area contributed by atoms with Crippen molar-refractivity contribution in [2.75, 3.05) is 47.5 Å². The molecule has 0 aliphatic carbocycles. The number of hydrogen-bond acceptors (Lipinski definition) is 8. The molecule has 9 nitrogen and oxygen atoms in total. The zero-order valence-electron chi connectivity index (χ0n) is 35.2. The lowest BCUT2D eigenvalue weighted by atomic mass is 10.1. The molecule has 0 aromatic carbocycles. The minimum absolute atomic E-state index is 0.0429. The molecule has 0 aliphatic rings. The van der Waals surface area contributed by atoms with Crippen LogP contribution in [-0.2, 0) is 32.7 Å². The molecule has 0 saturated carbocycles. The lowest BCUT2D eigenvalue weighted by Gasteiger charge is -2.28. The van der Waals surface area contributed by atoms with E-state index in [4.69, 9.17) is 18.5 Å². The van der Waals surface area contributed by atoms with E-state index in [9.17, 15) is 19.0 Å². The second kappa shape index (κ2) is 36.6. The quantitative estimate of drug-likeness (QED) is 0.0200. The summed E-state index contributed by atoms with van der Waals surface area (Å²) in [4.78, 5) is 37.4. The summed E-state index contributed by atoms with van der Waals surface area (Å²) >= 11 is 0. The second-order valence-corrected chi connectivity index (χ2v) is 16.8.